The molecule has 0 radical (unpaired) electrons. The Kier molecular flexibility index (Phi) is 4.61. The van der Waals surface area contributed by atoms with E-state index in [1.165, 1.54) is 0 Å². The summed E-state index contributed by atoms with van der Waals surface area (Å²) in [5.74, 6) is 0.909. The molecule has 3 rings (SSSR count). The molecule has 0 atom stereocenters. The van der Waals surface area contributed by atoms with Crippen molar-refractivity contribution in [3.63, 3.8) is 0 Å². The average Bonchev–Trinajstić information content (AvgIpc) is 2.53. The van der Waals surface area contributed by atoms with Crippen molar-refractivity contribution in [3.8, 4) is 11.6 Å². The van der Waals surface area contributed by atoms with Gasteiger partial charge >= 0.3 is 0 Å². The summed E-state index contributed by atoms with van der Waals surface area (Å²) in [5.41, 5.74) is 1.46. The number of fused-ring (bicyclic) bond motifs is 1. The molecular weight excluding hydrogens is 323 g/mol. The second-order valence-corrected chi connectivity index (χ2v) is 5.20. The molecule has 2 aromatic carbocycles. The lowest BCUT2D eigenvalue weighted by Crippen LogP contribution is -2.10. The smallest absolute Gasteiger partial charge is 0.252 e. The van der Waals surface area contributed by atoms with Crippen LogP contribution < -0.4 is 9.47 Å². The van der Waals surface area contributed by atoms with Gasteiger partial charge in [0.15, 0.2) is 5.15 Å². The van der Waals surface area contributed by atoms with Crippen molar-refractivity contribution in [1.82, 2.24) is 9.97 Å². The minimum absolute atomic E-state index is 0.233. The van der Waals surface area contributed by atoms with Crippen LogP contribution in [0.1, 0.15) is 0 Å². The van der Waals surface area contributed by atoms with Gasteiger partial charge in [-0.05, 0) is 24.3 Å². The topological polar surface area (TPSA) is 44.2 Å². The molecule has 0 amide bonds. The number of hydrogen-bond donors (Lipinski definition) is 0. The Morgan fingerprint density at radius 1 is 0.773 bits per heavy atom. The molecule has 3 aromatic rings. The Bertz CT molecular complexity index is 796. The van der Waals surface area contributed by atoms with Crippen molar-refractivity contribution >= 4 is 34.2 Å². The van der Waals surface area contributed by atoms with E-state index in [-0.39, 0.29) is 11.8 Å². The van der Waals surface area contributed by atoms with E-state index in [9.17, 15) is 0 Å². The zero-order valence-corrected chi connectivity index (χ0v) is 13.0. The highest BCUT2D eigenvalue weighted by molar-refractivity contribution is 6.32. The van der Waals surface area contributed by atoms with Crippen molar-refractivity contribution in [3.05, 3.63) is 58.7 Å². The van der Waals surface area contributed by atoms with Crippen LogP contribution in [-0.2, 0) is 0 Å². The molecule has 4 nitrogen and oxygen atoms in total. The summed E-state index contributed by atoms with van der Waals surface area (Å²) in [5, 5.41) is 0.794. The number of halogens is 2. The zero-order valence-electron chi connectivity index (χ0n) is 11.5. The second-order valence-electron chi connectivity index (χ2n) is 4.44. The summed E-state index contributed by atoms with van der Waals surface area (Å²) in [4.78, 5) is 8.58. The van der Waals surface area contributed by atoms with Crippen LogP contribution in [0.2, 0.25) is 10.2 Å². The summed E-state index contributed by atoms with van der Waals surface area (Å²) >= 11 is 12.1. The van der Waals surface area contributed by atoms with E-state index in [1.807, 2.05) is 36.4 Å². The maximum atomic E-state index is 6.06. The number of rotatable bonds is 5. The second kappa shape index (κ2) is 6.81. The largest absolute Gasteiger partial charge is 0.488 e. The molecule has 0 aliphatic carbocycles. The van der Waals surface area contributed by atoms with Crippen LogP contribution in [0.4, 0.5) is 0 Å². The highest BCUT2D eigenvalue weighted by Gasteiger charge is 2.08. The summed E-state index contributed by atoms with van der Waals surface area (Å²) in [6, 6.07) is 14.7. The van der Waals surface area contributed by atoms with E-state index in [4.69, 9.17) is 32.7 Å². The van der Waals surface area contributed by atoms with Crippen LogP contribution >= 0.6 is 23.2 Å². The Morgan fingerprint density at radius 2 is 1.41 bits per heavy atom. The molecule has 0 unspecified atom stereocenters. The van der Waals surface area contributed by atoms with Gasteiger partial charge in [0, 0.05) is 0 Å². The van der Waals surface area contributed by atoms with Gasteiger partial charge in [0.2, 0.25) is 0 Å². The summed E-state index contributed by atoms with van der Waals surface area (Å²) in [6.45, 7) is 0.618. The molecule has 1 aromatic heterocycles. The molecule has 0 spiro atoms. The van der Waals surface area contributed by atoms with Crippen molar-refractivity contribution in [1.29, 1.82) is 0 Å². The molecule has 0 fully saturated rings. The van der Waals surface area contributed by atoms with E-state index in [2.05, 4.69) is 9.97 Å². The van der Waals surface area contributed by atoms with Gasteiger partial charge in [0.05, 0.1) is 16.1 Å². The van der Waals surface area contributed by atoms with Crippen LogP contribution in [0.15, 0.2) is 48.5 Å². The monoisotopic (exact) mass is 334 g/mol. The fourth-order valence-electron chi connectivity index (χ4n) is 1.91. The fourth-order valence-corrected chi connectivity index (χ4v) is 2.28. The average molecular weight is 335 g/mol. The standard InChI is InChI=1S/C16H12Cl2N2O2/c17-11-5-1-4-8-14(11)21-9-10-22-16-15(18)19-12-6-2-3-7-13(12)20-16/h1-8H,9-10H2. The Balaban J connectivity index is 1.62. The van der Waals surface area contributed by atoms with Gasteiger partial charge in [-0.25, -0.2) is 9.97 Å². The molecule has 0 aliphatic heterocycles. The molecular formula is C16H12Cl2N2O2. The predicted octanol–water partition coefficient (Wildman–Crippen LogP) is 4.39. The SMILES string of the molecule is Clc1ccccc1OCCOc1nc2ccccc2nc1Cl. The molecule has 0 aliphatic rings. The van der Waals surface area contributed by atoms with Crippen LogP contribution in [0.3, 0.4) is 0 Å². The maximum absolute atomic E-state index is 6.06. The molecule has 22 heavy (non-hydrogen) atoms. The van der Waals surface area contributed by atoms with Crippen LogP contribution in [0, 0.1) is 0 Å². The minimum atomic E-state index is 0.233. The van der Waals surface area contributed by atoms with Gasteiger partial charge in [-0.2, -0.15) is 0 Å². The highest BCUT2D eigenvalue weighted by atomic mass is 35.5. The molecule has 6 heteroatoms. The van der Waals surface area contributed by atoms with Gasteiger partial charge < -0.3 is 9.47 Å². The summed E-state index contributed by atoms with van der Waals surface area (Å²) < 4.78 is 11.1. The van der Waals surface area contributed by atoms with E-state index in [0.29, 0.717) is 23.3 Å². The molecule has 0 saturated carbocycles. The van der Waals surface area contributed by atoms with E-state index in [0.717, 1.165) is 11.0 Å². The number of hydrogen-bond acceptors (Lipinski definition) is 4. The highest BCUT2D eigenvalue weighted by Crippen LogP contribution is 2.24. The summed E-state index contributed by atoms with van der Waals surface area (Å²) in [7, 11) is 0. The molecule has 112 valence electrons. The predicted molar refractivity (Wildman–Crippen MR) is 87.0 cm³/mol. The van der Waals surface area contributed by atoms with Gasteiger partial charge in [-0.3, -0.25) is 0 Å². The van der Waals surface area contributed by atoms with Gasteiger partial charge in [-0.1, -0.05) is 47.5 Å². The number of para-hydroxylation sites is 3. The molecule has 1 heterocycles. The van der Waals surface area contributed by atoms with Crippen molar-refractivity contribution in [2.75, 3.05) is 13.2 Å². The maximum Gasteiger partial charge on any atom is 0.252 e. The lowest BCUT2D eigenvalue weighted by molar-refractivity contribution is 0.212. The molecule has 0 saturated heterocycles. The lowest BCUT2D eigenvalue weighted by atomic mass is 10.3. The Morgan fingerprint density at radius 3 is 2.18 bits per heavy atom. The van der Waals surface area contributed by atoms with Crippen LogP contribution in [0.25, 0.3) is 11.0 Å². The third-order valence-electron chi connectivity index (χ3n) is 2.92. The fraction of sp³-hybridized carbons (Fsp3) is 0.125. The minimum Gasteiger partial charge on any atom is -0.488 e. The molecule has 0 N–H and O–H groups in total. The van der Waals surface area contributed by atoms with Crippen molar-refractivity contribution < 1.29 is 9.47 Å². The summed E-state index contributed by atoms with van der Waals surface area (Å²) in [6.07, 6.45) is 0. The first kappa shape index (κ1) is 14.9. The zero-order chi connectivity index (χ0) is 15.4. The van der Waals surface area contributed by atoms with Crippen molar-refractivity contribution in [2.24, 2.45) is 0 Å². The van der Waals surface area contributed by atoms with E-state index >= 15 is 0 Å². The number of benzene rings is 2. The van der Waals surface area contributed by atoms with Gasteiger partial charge in [0.25, 0.3) is 5.88 Å². The Labute approximate surface area is 137 Å². The first-order valence-corrected chi connectivity index (χ1v) is 7.42. The van der Waals surface area contributed by atoms with Gasteiger partial charge in [0.1, 0.15) is 19.0 Å². The van der Waals surface area contributed by atoms with Crippen LogP contribution in [0.5, 0.6) is 11.6 Å². The lowest BCUT2D eigenvalue weighted by Gasteiger charge is -2.10. The van der Waals surface area contributed by atoms with E-state index in [1.54, 1.807) is 12.1 Å². The third-order valence-corrected chi connectivity index (χ3v) is 3.47. The number of nitrogens with zero attached hydrogens (tertiary/aromatic N) is 2. The normalized spacial score (nSPS) is 10.6. The Hall–Kier alpha value is -2.04. The third kappa shape index (κ3) is 3.40. The van der Waals surface area contributed by atoms with Crippen LogP contribution in [-0.4, -0.2) is 23.2 Å². The van der Waals surface area contributed by atoms with Crippen molar-refractivity contribution in [2.45, 2.75) is 0 Å². The molecule has 0 bridgehead atoms. The number of ether oxygens (including phenoxy) is 2. The van der Waals surface area contributed by atoms with Gasteiger partial charge in [-0.15, -0.1) is 0 Å². The van der Waals surface area contributed by atoms with E-state index < -0.39 is 0 Å². The quantitative estimate of drug-likeness (QED) is 0.649. The number of aromatic nitrogens is 2. The first-order chi connectivity index (χ1) is 10.7. The first-order valence-electron chi connectivity index (χ1n) is 6.66.